The number of rotatable bonds is 2. The van der Waals surface area contributed by atoms with E-state index < -0.39 is 0 Å². The van der Waals surface area contributed by atoms with Gasteiger partial charge in [-0.05, 0) is 12.1 Å². The lowest BCUT2D eigenvalue weighted by Crippen LogP contribution is -2.08. The molecule has 1 rings (SSSR count). The van der Waals surface area contributed by atoms with Crippen LogP contribution >= 0.6 is 12.4 Å². The summed E-state index contributed by atoms with van der Waals surface area (Å²) >= 11 is 0. The van der Waals surface area contributed by atoms with Crippen LogP contribution in [0.2, 0.25) is 0 Å². The van der Waals surface area contributed by atoms with Crippen LogP contribution in [0.4, 0.5) is 5.69 Å². The van der Waals surface area contributed by atoms with Gasteiger partial charge in [-0.1, -0.05) is 0 Å². The van der Waals surface area contributed by atoms with E-state index in [1.807, 2.05) is 0 Å². The summed E-state index contributed by atoms with van der Waals surface area (Å²) in [5, 5.41) is 0. The maximum atomic E-state index is 5.16. The van der Waals surface area contributed by atoms with Gasteiger partial charge in [0, 0.05) is 6.20 Å². The maximum Gasteiger partial charge on any atom is 0.238 e. The van der Waals surface area contributed by atoms with Crippen LogP contribution < -0.4 is 16.0 Å². The highest BCUT2D eigenvalue weighted by Gasteiger charge is 1.97. The zero-order valence-corrected chi connectivity index (χ0v) is 6.89. The highest BCUT2D eigenvalue weighted by atomic mass is 35.5. The maximum absolute atomic E-state index is 5.16. The zero-order chi connectivity index (χ0) is 7.40. The summed E-state index contributed by atoms with van der Waals surface area (Å²) < 4.78 is 4.88. The van der Waals surface area contributed by atoms with Crippen molar-refractivity contribution in [2.24, 2.45) is 5.84 Å². The summed E-state index contributed by atoms with van der Waals surface area (Å²) in [5.74, 6) is 5.66. The Balaban J connectivity index is 0.000001000. The Kier molecular flexibility index (Phi) is 4.33. The third kappa shape index (κ3) is 2.25. The molecule has 1 aromatic rings. The zero-order valence-electron chi connectivity index (χ0n) is 6.07. The Bertz CT molecular complexity index is 196. The highest BCUT2D eigenvalue weighted by Crippen LogP contribution is 2.17. The second-order valence-corrected chi connectivity index (χ2v) is 1.70. The number of hydrogen-bond acceptors (Lipinski definition) is 4. The molecule has 0 saturated carbocycles. The topological polar surface area (TPSA) is 60.2 Å². The number of pyridine rings is 1. The van der Waals surface area contributed by atoms with Crippen LogP contribution in [0, 0.1) is 0 Å². The summed E-state index contributed by atoms with van der Waals surface area (Å²) in [5.41, 5.74) is 3.14. The summed E-state index contributed by atoms with van der Waals surface area (Å²) in [6.45, 7) is 0. The molecule has 11 heavy (non-hydrogen) atoms. The molecule has 0 aromatic carbocycles. The number of anilines is 1. The molecule has 1 aromatic heterocycles. The Morgan fingerprint density at radius 1 is 1.64 bits per heavy atom. The van der Waals surface area contributed by atoms with Gasteiger partial charge in [0.15, 0.2) is 0 Å². The molecule has 0 aliphatic heterocycles. The van der Waals surface area contributed by atoms with Gasteiger partial charge in [0.2, 0.25) is 5.88 Å². The molecule has 62 valence electrons. The van der Waals surface area contributed by atoms with E-state index in [-0.39, 0.29) is 12.4 Å². The van der Waals surface area contributed by atoms with E-state index in [4.69, 9.17) is 10.6 Å². The van der Waals surface area contributed by atoms with Gasteiger partial charge in [-0.25, -0.2) is 4.98 Å². The monoisotopic (exact) mass is 175 g/mol. The molecule has 1 heterocycles. The molecular formula is C6H10ClN3O. The van der Waals surface area contributed by atoms with Crippen molar-refractivity contribution in [1.29, 1.82) is 0 Å². The average molecular weight is 176 g/mol. The van der Waals surface area contributed by atoms with E-state index >= 15 is 0 Å². The largest absolute Gasteiger partial charge is 0.479 e. The Morgan fingerprint density at radius 3 is 2.82 bits per heavy atom. The van der Waals surface area contributed by atoms with Gasteiger partial charge >= 0.3 is 0 Å². The van der Waals surface area contributed by atoms with Crippen LogP contribution in [0.5, 0.6) is 5.88 Å². The molecule has 0 bridgehead atoms. The van der Waals surface area contributed by atoms with Gasteiger partial charge in [0.1, 0.15) is 5.69 Å². The summed E-state index contributed by atoms with van der Waals surface area (Å²) in [7, 11) is 1.54. The molecular weight excluding hydrogens is 166 g/mol. The predicted molar refractivity (Wildman–Crippen MR) is 45.8 cm³/mol. The second-order valence-electron chi connectivity index (χ2n) is 1.70. The minimum absolute atomic E-state index is 0. The van der Waals surface area contributed by atoms with Crippen molar-refractivity contribution >= 4 is 18.1 Å². The molecule has 0 aliphatic rings. The van der Waals surface area contributed by atoms with Crippen LogP contribution in [0.3, 0.4) is 0 Å². The molecule has 4 nitrogen and oxygen atoms in total. The Labute approximate surface area is 71.1 Å². The lowest BCUT2D eigenvalue weighted by Gasteiger charge is -2.03. The van der Waals surface area contributed by atoms with E-state index in [9.17, 15) is 0 Å². The van der Waals surface area contributed by atoms with Crippen LogP contribution in [0.25, 0.3) is 0 Å². The third-order valence-corrected chi connectivity index (χ3v) is 1.12. The van der Waals surface area contributed by atoms with Gasteiger partial charge in [-0.3, -0.25) is 5.84 Å². The SMILES string of the molecule is COc1ncccc1NN.Cl. The van der Waals surface area contributed by atoms with Gasteiger partial charge in [-0.15, -0.1) is 12.4 Å². The highest BCUT2D eigenvalue weighted by molar-refractivity contribution is 5.85. The molecule has 0 amide bonds. The van der Waals surface area contributed by atoms with E-state index in [0.29, 0.717) is 11.6 Å². The number of hydrogen-bond donors (Lipinski definition) is 2. The smallest absolute Gasteiger partial charge is 0.238 e. The van der Waals surface area contributed by atoms with Gasteiger partial charge in [0.25, 0.3) is 0 Å². The third-order valence-electron chi connectivity index (χ3n) is 1.12. The normalized spacial score (nSPS) is 8.18. The van der Waals surface area contributed by atoms with Crippen molar-refractivity contribution in [3.63, 3.8) is 0 Å². The molecule has 0 aliphatic carbocycles. The number of halogens is 1. The molecule has 0 saturated heterocycles. The van der Waals surface area contributed by atoms with Crippen molar-refractivity contribution in [2.45, 2.75) is 0 Å². The van der Waals surface area contributed by atoms with Gasteiger partial charge in [0.05, 0.1) is 7.11 Å². The number of methoxy groups -OCH3 is 1. The number of nitrogens with one attached hydrogen (secondary N) is 1. The lowest BCUT2D eigenvalue weighted by molar-refractivity contribution is 0.400. The summed E-state index contributed by atoms with van der Waals surface area (Å²) in [6.07, 6.45) is 1.64. The van der Waals surface area contributed by atoms with Crippen molar-refractivity contribution < 1.29 is 4.74 Å². The van der Waals surface area contributed by atoms with Crippen LogP contribution in [0.15, 0.2) is 18.3 Å². The fraction of sp³-hybridized carbons (Fsp3) is 0.167. The van der Waals surface area contributed by atoms with Crippen LogP contribution in [-0.2, 0) is 0 Å². The number of ether oxygens (including phenoxy) is 1. The first-order chi connectivity index (χ1) is 4.88. The summed E-state index contributed by atoms with van der Waals surface area (Å²) in [6, 6.07) is 3.56. The second kappa shape index (κ2) is 4.76. The van der Waals surface area contributed by atoms with E-state index in [2.05, 4.69) is 10.4 Å². The van der Waals surface area contributed by atoms with Gasteiger partial charge < -0.3 is 10.2 Å². The standard InChI is InChI=1S/C6H9N3O.ClH/c1-10-6-5(9-7)3-2-4-8-6;/h2-4,9H,7H2,1H3;1H. The minimum Gasteiger partial charge on any atom is -0.479 e. The summed E-state index contributed by atoms with van der Waals surface area (Å²) in [4.78, 5) is 3.90. The Morgan fingerprint density at radius 2 is 2.36 bits per heavy atom. The first kappa shape index (κ1) is 10.0. The van der Waals surface area contributed by atoms with Crippen LogP contribution in [0.1, 0.15) is 0 Å². The fourth-order valence-corrected chi connectivity index (χ4v) is 0.663. The number of nitrogens with zero attached hydrogens (tertiary/aromatic N) is 1. The number of hydrazine groups is 1. The first-order valence-electron chi connectivity index (χ1n) is 2.84. The lowest BCUT2D eigenvalue weighted by atomic mass is 10.4. The van der Waals surface area contributed by atoms with Crippen molar-refractivity contribution in [3.8, 4) is 5.88 Å². The molecule has 0 atom stereocenters. The molecule has 5 heteroatoms. The molecule has 0 radical (unpaired) electrons. The molecule has 0 unspecified atom stereocenters. The van der Waals surface area contributed by atoms with E-state index in [1.165, 1.54) is 0 Å². The predicted octanol–water partition coefficient (Wildman–Crippen LogP) is 0.798. The number of aromatic nitrogens is 1. The van der Waals surface area contributed by atoms with Gasteiger partial charge in [-0.2, -0.15) is 0 Å². The van der Waals surface area contributed by atoms with Crippen molar-refractivity contribution in [3.05, 3.63) is 18.3 Å². The van der Waals surface area contributed by atoms with E-state index in [1.54, 1.807) is 25.4 Å². The first-order valence-corrected chi connectivity index (χ1v) is 2.84. The fourth-order valence-electron chi connectivity index (χ4n) is 0.663. The van der Waals surface area contributed by atoms with Crippen molar-refractivity contribution in [2.75, 3.05) is 12.5 Å². The van der Waals surface area contributed by atoms with Crippen LogP contribution in [-0.4, -0.2) is 12.1 Å². The number of nitrogen functional groups attached to an aromatic ring is 1. The Hall–Kier alpha value is -1.00. The average Bonchev–Trinajstić information content (AvgIpc) is 2.04. The van der Waals surface area contributed by atoms with Crippen molar-refractivity contribution in [1.82, 2.24) is 4.98 Å². The molecule has 0 fully saturated rings. The molecule has 3 N–H and O–H groups in total. The number of nitrogens with two attached hydrogens (primary N) is 1. The molecule has 0 spiro atoms. The quantitative estimate of drug-likeness (QED) is 0.516. The minimum atomic E-state index is 0. The van der Waals surface area contributed by atoms with E-state index in [0.717, 1.165) is 0 Å².